The summed E-state index contributed by atoms with van der Waals surface area (Å²) in [5, 5.41) is 8.75. The van der Waals surface area contributed by atoms with E-state index in [2.05, 4.69) is 4.74 Å². The van der Waals surface area contributed by atoms with Gasteiger partial charge in [-0.15, -0.1) is 13.2 Å². The second kappa shape index (κ2) is 6.28. The first-order chi connectivity index (χ1) is 11.4. The molecule has 0 spiro atoms. The van der Waals surface area contributed by atoms with Gasteiger partial charge in [-0.2, -0.15) is 5.26 Å². The van der Waals surface area contributed by atoms with E-state index in [1.54, 1.807) is 36.6 Å². The minimum absolute atomic E-state index is 0.212. The van der Waals surface area contributed by atoms with E-state index in [0.29, 0.717) is 24.2 Å². The molecule has 2 aromatic carbocycles. The largest absolute Gasteiger partial charge is 0.573 e. The SMILES string of the molecule is N#Cc1ccc(O/C=C2\CCc3cc(OC(F)(F)F)ccc32)cc1. The number of alkyl halides is 3. The van der Waals surface area contributed by atoms with Crippen LogP contribution in [-0.4, -0.2) is 6.36 Å². The van der Waals surface area contributed by atoms with Gasteiger partial charge in [0, 0.05) is 0 Å². The van der Waals surface area contributed by atoms with Crippen LogP contribution in [0.15, 0.2) is 48.7 Å². The van der Waals surface area contributed by atoms with Crippen molar-refractivity contribution in [3.8, 4) is 17.6 Å². The lowest BCUT2D eigenvalue weighted by atomic mass is 10.1. The molecule has 2 aromatic rings. The van der Waals surface area contributed by atoms with E-state index < -0.39 is 6.36 Å². The molecule has 0 fully saturated rings. The fourth-order valence-electron chi connectivity index (χ4n) is 2.56. The Labute approximate surface area is 136 Å². The maximum absolute atomic E-state index is 12.3. The number of aryl methyl sites for hydroxylation is 1. The third-order valence-electron chi connectivity index (χ3n) is 3.64. The number of fused-ring (bicyclic) bond motifs is 1. The Kier molecular flexibility index (Phi) is 4.17. The van der Waals surface area contributed by atoms with E-state index in [9.17, 15) is 13.2 Å². The Morgan fingerprint density at radius 1 is 1.00 bits per heavy atom. The van der Waals surface area contributed by atoms with Gasteiger partial charge in [-0.05, 0) is 65.9 Å². The molecular formula is C18H12F3NO2. The van der Waals surface area contributed by atoms with Crippen molar-refractivity contribution in [2.75, 3.05) is 0 Å². The second-order valence-electron chi connectivity index (χ2n) is 5.26. The van der Waals surface area contributed by atoms with Gasteiger partial charge in [0.15, 0.2) is 0 Å². The molecule has 0 N–H and O–H groups in total. The lowest BCUT2D eigenvalue weighted by Crippen LogP contribution is -2.17. The average molecular weight is 331 g/mol. The smallest absolute Gasteiger partial charge is 0.465 e. The standard InChI is InChI=1S/C18H12F3NO2/c19-18(20,21)24-16-7-8-17-13(9-16)3-4-14(17)11-23-15-5-1-12(10-22)2-6-15/h1-2,5-9,11H,3-4H2/b14-11+. The number of benzene rings is 2. The van der Waals surface area contributed by atoms with Crippen LogP contribution in [0.4, 0.5) is 13.2 Å². The zero-order valence-electron chi connectivity index (χ0n) is 12.4. The summed E-state index contributed by atoms with van der Waals surface area (Å²) in [5.41, 5.74) is 3.11. The molecule has 24 heavy (non-hydrogen) atoms. The number of allylic oxidation sites excluding steroid dienone is 1. The second-order valence-corrected chi connectivity index (χ2v) is 5.26. The summed E-state index contributed by atoms with van der Waals surface area (Å²) in [6.07, 6.45) is -1.78. The fourth-order valence-corrected chi connectivity index (χ4v) is 2.56. The average Bonchev–Trinajstić information content (AvgIpc) is 2.94. The van der Waals surface area contributed by atoms with E-state index in [4.69, 9.17) is 10.00 Å². The molecule has 0 atom stereocenters. The zero-order chi connectivity index (χ0) is 17.2. The molecule has 0 unspecified atom stereocenters. The Bertz CT molecular complexity index is 818. The van der Waals surface area contributed by atoms with Crippen LogP contribution in [0.3, 0.4) is 0 Å². The highest BCUT2D eigenvalue weighted by molar-refractivity contribution is 5.72. The lowest BCUT2D eigenvalue weighted by Gasteiger charge is -2.10. The van der Waals surface area contributed by atoms with E-state index >= 15 is 0 Å². The molecule has 0 saturated carbocycles. The van der Waals surface area contributed by atoms with Gasteiger partial charge in [0.05, 0.1) is 17.9 Å². The Balaban J connectivity index is 1.75. The summed E-state index contributed by atoms with van der Waals surface area (Å²) >= 11 is 0. The van der Waals surface area contributed by atoms with E-state index in [-0.39, 0.29) is 5.75 Å². The van der Waals surface area contributed by atoms with Crippen molar-refractivity contribution in [2.45, 2.75) is 19.2 Å². The van der Waals surface area contributed by atoms with Gasteiger partial charge in [0.2, 0.25) is 0 Å². The summed E-state index contributed by atoms with van der Waals surface area (Å²) in [5.74, 6) is 0.377. The van der Waals surface area contributed by atoms with Gasteiger partial charge in [-0.1, -0.05) is 6.07 Å². The minimum atomic E-state index is -4.69. The molecule has 1 aliphatic rings. The van der Waals surface area contributed by atoms with E-state index in [0.717, 1.165) is 16.7 Å². The van der Waals surface area contributed by atoms with Gasteiger partial charge in [-0.3, -0.25) is 0 Å². The predicted octanol–water partition coefficient (Wildman–Crippen LogP) is 4.82. The van der Waals surface area contributed by atoms with Crippen molar-refractivity contribution in [1.82, 2.24) is 0 Å². The van der Waals surface area contributed by atoms with Crippen LogP contribution in [-0.2, 0) is 6.42 Å². The molecule has 6 heteroatoms. The normalized spacial score (nSPS) is 15.0. The van der Waals surface area contributed by atoms with E-state index in [1.165, 1.54) is 12.1 Å². The Morgan fingerprint density at radius 3 is 2.38 bits per heavy atom. The Hall–Kier alpha value is -2.94. The van der Waals surface area contributed by atoms with E-state index in [1.807, 2.05) is 6.07 Å². The first-order valence-electron chi connectivity index (χ1n) is 7.19. The predicted molar refractivity (Wildman–Crippen MR) is 81.2 cm³/mol. The molecule has 3 nitrogen and oxygen atoms in total. The summed E-state index contributed by atoms with van der Waals surface area (Å²) in [6.45, 7) is 0. The highest BCUT2D eigenvalue weighted by atomic mass is 19.4. The maximum Gasteiger partial charge on any atom is 0.573 e. The molecule has 3 rings (SSSR count). The van der Waals surface area contributed by atoms with Gasteiger partial charge in [0.1, 0.15) is 11.5 Å². The quantitative estimate of drug-likeness (QED) is 0.757. The highest BCUT2D eigenvalue weighted by Gasteiger charge is 2.31. The van der Waals surface area contributed by atoms with Crippen LogP contribution in [0.2, 0.25) is 0 Å². The van der Waals surface area contributed by atoms with Crippen LogP contribution >= 0.6 is 0 Å². The van der Waals surface area contributed by atoms with Crippen molar-refractivity contribution in [2.24, 2.45) is 0 Å². The number of nitrogens with zero attached hydrogens (tertiary/aromatic N) is 1. The van der Waals surface area contributed by atoms with Crippen LogP contribution in [0.5, 0.6) is 11.5 Å². The van der Waals surface area contributed by atoms with Crippen molar-refractivity contribution >= 4 is 5.57 Å². The van der Waals surface area contributed by atoms with Gasteiger partial charge in [0.25, 0.3) is 0 Å². The minimum Gasteiger partial charge on any atom is -0.465 e. The summed E-state index contributed by atoms with van der Waals surface area (Å²) in [7, 11) is 0. The van der Waals surface area contributed by atoms with Crippen LogP contribution in [0.25, 0.3) is 5.57 Å². The first-order valence-corrected chi connectivity index (χ1v) is 7.19. The highest BCUT2D eigenvalue weighted by Crippen LogP contribution is 2.35. The van der Waals surface area contributed by atoms with Crippen molar-refractivity contribution in [3.05, 3.63) is 65.4 Å². The Morgan fingerprint density at radius 2 is 1.71 bits per heavy atom. The fraction of sp³-hybridized carbons (Fsp3) is 0.167. The van der Waals surface area contributed by atoms with Crippen LogP contribution < -0.4 is 9.47 Å². The third kappa shape index (κ3) is 3.69. The lowest BCUT2D eigenvalue weighted by molar-refractivity contribution is -0.274. The molecule has 0 amide bonds. The number of halogens is 3. The molecule has 122 valence electrons. The molecule has 0 aliphatic heterocycles. The number of ether oxygens (including phenoxy) is 2. The number of nitriles is 1. The molecule has 0 saturated heterocycles. The van der Waals surface area contributed by atoms with Crippen LogP contribution in [0.1, 0.15) is 23.1 Å². The maximum atomic E-state index is 12.3. The number of rotatable bonds is 3. The van der Waals surface area contributed by atoms with Gasteiger partial charge in [-0.25, -0.2) is 0 Å². The zero-order valence-corrected chi connectivity index (χ0v) is 12.4. The molecule has 0 radical (unpaired) electrons. The van der Waals surface area contributed by atoms with Gasteiger partial charge >= 0.3 is 6.36 Å². The van der Waals surface area contributed by atoms with Crippen molar-refractivity contribution < 1.29 is 22.6 Å². The van der Waals surface area contributed by atoms with Crippen molar-refractivity contribution in [1.29, 1.82) is 5.26 Å². The molecule has 0 bridgehead atoms. The first kappa shape index (κ1) is 15.9. The van der Waals surface area contributed by atoms with Crippen molar-refractivity contribution in [3.63, 3.8) is 0 Å². The molecule has 1 aliphatic carbocycles. The molecule has 0 aromatic heterocycles. The molecule has 0 heterocycles. The van der Waals surface area contributed by atoms with Gasteiger partial charge < -0.3 is 9.47 Å². The van der Waals surface area contributed by atoms with Crippen LogP contribution in [0, 0.1) is 11.3 Å². The number of hydrogen-bond donors (Lipinski definition) is 0. The third-order valence-corrected chi connectivity index (χ3v) is 3.64. The number of hydrogen-bond acceptors (Lipinski definition) is 3. The summed E-state index contributed by atoms with van der Waals surface area (Å²) in [6, 6.07) is 13.0. The molecular weight excluding hydrogens is 319 g/mol. The summed E-state index contributed by atoms with van der Waals surface area (Å²) < 4.78 is 46.3. The summed E-state index contributed by atoms with van der Waals surface area (Å²) in [4.78, 5) is 0. The topological polar surface area (TPSA) is 42.2 Å². The monoisotopic (exact) mass is 331 g/mol.